The van der Waals surface area contributed by atoms with Crippen molar-refractivity contribution in [2.75, 3.05) is 22.4 Å². The van der Waals surface area contributed by atoms with Gasteiger partial charge in [0.15, 0.2) is 0 Å². The zero-order valence-electron chi connectivity index (χ0n) is 15.6. The first-order chi connectivity index (χ1) is 13.1. The molecule has 0 heterocycles. The fourth-order valence-electron chi connectivity index (χ4n) is 2.66. The lowest BCUT2D eigenvalue weighted by Crippen LogP contribution is -2.32. The van der Waals surface area contributed by atoms with Crippen molar-refractivity contribution in [3.8, 4) is 0 Å². The van der Waals surface area contributed by atoms with E-state index in [0.29, 0.717) is 33.9 Å². The van der Waals surface area contributed by atoms with Crippen molar-refractivity contribution in [1.82, 2.24) is 0 Å². The van der Waals surface area contributed by atoms with Gasteiger partial charge in [0, 0.05) is 29.2 Å². The summed E-state index contributed by atoms with van der Waals surface area (Å²) < 4.78 is 25.6. The predicted octanol–water partition coefficient (Wildman–Crippen LogP) is 2.93. The molecule has 2 aromatic rings. The summed E-state index contributed by atoms with van der Waals surface area (Å²) >= 11 is 6.10. The van der Waals surface area contributed by atoms with E-state index < -0.39 is 15.9 Å². The van der Waals surface area contributed by atoms with Gasteiger partial charge in [0.25, 0.3) is 0 Å². The van der Waals surface area contributed by atoms with E-state index in [9.17, 15) is 18.0 Å². The SMILES string of the molecule is Cc1c(Cl)cccc1N(CCCC(=O)Nc1ccc(C(N)=O)cc1)S(C)(=O)=O. The van der Waals surface area contributed by atoms with Crippen LogP contribution in [0.5, 0.6) is 0 Å². The van der Waals surface area contributed by atoms with Crippen LogP contribution in [0.3, 0.4) is 0 Å². The quantitative estimate of drug-likeness (QED) is 0.680. The Kier molecular flexibility index (Phi) is 7.04. The predicted molar refractivity (Wildman–Crippen MR) is 111 cm³/mol. The molecule has 28 heavy (non-hydrogen) atoms. The van der Waals surface area contributed by atoms with Gasteiger partial charge in [-0.05, 0) is 55.3 Å². The first-order valence-corrected chi connectivity index (χ1v) is 10.7. The van der Waals surface area contributed by atoms with Crippen LogP contribution in [0.2, 0.25) is 5.02 Å². The molecule has 0 aliphatic rings. The zero-order chi connectivity index (χ0) is 20.9. The Hall–Kier alpha value is -2.58. The fourth-order valence-corrected chi connectivity index (χ4v) is 3.84. The second kappa shape index (κ2) is 9.07. The van der Waals surface area contributed by atoms with E-state index in [4.69, 9.17) is 17.3 Å². The molecular weight excluding hydrogens is 402 g/mol. The monoisotopic (exact) mass is 423 g/mol. The Morgan fingerprint density at radius 3 is 2.36 bits per heavy atom. The molecule has 150 valence electrons. The van der Waals surface area contributed by atoms with E-state index in [1.165, 1.54) is 16.4 Å². The maximum absolute atomic E-state index is 12.2. The van der Waals surface area contributed by atoms with Gasteiger partial charge in [0.2, 0.25) is 21.8 Å². The molecular formula is C19H22ClN3O4S. The topological polar surface area (TPSA) is 110 Å². The van der Waals surface area contributed by atoms with E-state index in [1.54, 1.807) is 37.3 Å². The molecule has 2 aromatic carbocycles. The van der Waals surface area contributed by atoms with Crippen molar-refractivity contribution < 1.29 is 18.0 Å². The molecule has 0 saturated carbocycles. The molecule has 9 heteroatoms. The summed E-state index contributed by atoms with van der Waals surface area (Å²) in [6, 6.07) is 11.3. The molecule has 0 aromatic heterocycles. The average Bonchev–Trinajstić information content (AvgIpc) is 2.61. The molecule has 0 atom stereocenters. The summed E-state index contributed by atoms with van der Waals surface area (Å²) in [5, 5.41) is 3.18. The van der Waals surface area contributed by atoms with Crippen molar-refractivity contribution >= 4 is 44.8 Å². The van der Waals surface area contributed by atoms with Crippen LogP contribution in [0.1, 0.15) is 28.8 Å². The van der Waals surface area contributed by atoms with Crippen LogP contribution >= 0.6 is 11.6 Å². The molecule has 0 unspecified atom stereocenters. The highest BCUT2D eigenvalue weighted by molar-refractivity contribution is 7.92. The van der Waals surface area contributed by atoms with Gasteiger partial charge in [-0.25, -0.2) is 8.42 Å². The normalized spacial score (nSPS) is 11.1. The molecule has 0 bridgehead atoms. The standard InChI is InChI=1S/C19H22ClN3O4S/c1-13-16(20)5-3-6-17(13)23(28(2,26)27)12-4-7-18(24)22-15-10-8-14(9-11-15)19(21)25/h3,5-6,8-11H,4,7,12H2,1-2H3,(H2,21,25)(H,22,24). The highest BCUT2D eigenvalue weighted by atomic mass is 35.5. The number of hydrogen-bond donors (Lipinski definition) is 2. The van der Waals surface area contributed by atoms with E-state index in [1.807, 2.05) is 0 Å². The average molecular weight is 424 g/mol. The third-order valence-corrected chi connectivity index (χ3v) is 5.72. The van der Waals surface area contributed by atoms with Gasteiger partial charge < -0.3 is 11.1 Å². The van der Waals surface area contributed by atoms with Crippen molar-refractivity contribution in [1.29, 1.82) is 0 Å². The Morgan fingerprint density at radius 1 is 1.14 bits per heavy atom. The number of primary amides is 1. The molecule has 0 spiro atoms. The summed E-state index contributed by atoms with van der Waals surface area (Å²) in [6.07, 6.45) is 1.57. The van der Waals surface area contributed by atoms with Crippen LogP contribution < -0.4 is 15.4 Å². The van der Waals surface area contributed by atoms with Gasteiger partial charge in [0.1, 0.15) is 0 Å². The lowest BCUT2D eigenvalue weighted by Gasteiger charge is -2.24. The molecule has 3 N–H and O–H groups in total. The Bertz CT molecular complexity index is 975. The van der Waals surface area contributed by atoms with Gasteiger partial charge in [-0.3, -0.25) is 13.9 Å². The van der Waals surface area contributed by atoms with Gasteiger partial charge in [-0.2, -0.15) is 0 Å². The third-order valence-electron chi connectivity index (χ3n) is 4.13. The van der Waals surface area contributed by atoms with Crippen molar-refractivity contribution in [3.05, 3.63) is 58.6 Å². The van der Waals surface area contributed by atoms with Crippen molar-refractivity contribution in [3.63, 3.8) is 0 Å². The number of benzene rings is 2. The number of carbonyl (C=O) groups excluding carboxylic acids is 2. The number of nitrogens with zero attached hydrogens (tertiary/aromatic N) is 1. The Labute approximate surface area is 169 Å². The maximum Gasteiger partial charge on any atom is 0.248 e. The lowest BCUT2D eigenvalue weighted by molar-refractivity contribution is -0.116. The number of amides is 2. The highest BCUT2D eigenvalue weighted by Crippen LogP contribution is 2.28. The smallest absolute Gasteiger partial charge is 0.248 e. The summed E-state index contributed by atoms with van der Waals surface area (Å²) in [5.41, 5.74) is 7.21. The number of rotatable bonds is 8. The first kappa shape index (κ1) is 21.7. The molecule has 0 aliphatic carbocycles. The number of anilines is 2. The van der Waals surface area contributed by atoms with Crippen LogP contribution in [-0.2, 0) is 14.8 Å². The van der Waals surface area contributed by atoms with Crippen LogP contribution in [0.4, 0.5) is 11.4 Å². The van der Waals surface area contributed by atoms with Gasteiger partial charge in [-0.1, -0.05) is 17.7 Å². The molecule has 0 fully saturated rings. The van der Waals surface area contributed by atoms with Gasteiger partial charge in [-0.15, -0.1) is 0 Å². The second-order valence-corrected chi connectivity index (χ2v) is 8.63. The van der Waals surface area contributed by atoms with Gasteiger partial charge >= 0.3 is 0 Å². The Morgan fingerprint density at radius 2 is 1.79 bits per heavy atom. The molecule has 7 nitrogen and oxygen atoms in total. The lowest BCUT2D eigenvalue weighted by atomic mass is 10.2. The number of nitrogens with two attached hydrogens (primary N) is 1. The largest absolute Gasteiger partial charge is 0.366 e. The number of halogens is 1. The summed E-state index contributed by atoms with van der Waals surface area (Å²) in [6.45, 7) is 1.90. The maximum atomic E-state index is 12.2. The first-order valence-electron chi connectivity index (χ1n) is 8.52. The van der Waals surface area contributed by atoms with E-state index in [-0.39, 0.29) is 18.9 Å². The second-order valence-electron chi connectivity index (χ2n) is 6.31. The number of sulfonamides is 1. The minimum absolute atomic E-state index is 0.128. The van der Waals surface area contributed by atoms with Crippen molar-refractivity contribution in [2.24, 2.45) is 5.73 Å². The molecule has 0 radical (unpaired) electrons. The van der Waals surface area contributed by atoms with Crippen LogP contribution in [-0.4, -0.2) is 33.0 Å². The Balaban J connectivity index is 1.99. The summed E-state index contributed by atoms with van der Waals surface area (Å²) in [4.78, 5) is 23.2. The zero-order valence-corrected chi connectivity index (χ0v) is 17.2. The minimum atomic E-state index is -3.53. The van der Waals surface area contributed by atoms with Crippen molar-refractivity contribution in [2.45, 2.75) is 19.8 Å². The summed E-state index contributed by atoms with van der Waals surface area (Å²) in [7, 11) is -3.53. The highest BCUT2D eigenvalue weighted by Gasteiger charge is 2.20. The van der Waals surface area contributed by atoms with Crippen LogP contribution in [0.25, 0.3) is 0 Å². The molecule has 0 saturated heterocycles. The third kappa shape index (κ3) is 5.71. The van der Waals surface area contributed by atoms with E-state index in [2.05, 4.69) is 5.32 Å². The number of carbonyl (C=O) groups is 2. The van der Waals surface area contributed by atoms with Crippen LogP contribution in [0.15, 0.2) is 42.5 Å². The molecule has 2 amide bonds. The molecule has 0 aliphatic heterocycles. The van der Waals surface area contributed by atoms with E-state index >= 15 is 0 Å². The summed E-state index contributed by atoms with van der Waals surface area (Å²) in [5.74, 6) is -0.807. The minimum Gasteiger partial charge on any atom is -0.366 e. The number of nitrogens with one attached hydrogen (secondary N) is 1. The van der Waals surface area contributed by atoms with Crippen LogP contribution in [0, 0.1) is 6.92 Å². The molecule has 2 rings (SSSR count). The van der Waals surface area contributed by atoms with E-state index in [0.717, 1.165) is 6.26 Å². The fraction of sp³-hybridized carbons (Fsp3) is 0.263. The van der Waals surface area contributed by atoms with Gasteiger partial charge in [0.05, 0.1) is 11.9 Å². The number of hydrogen-bond acceptors (Lipinski definition) is 4.